The number of nitrogens with zero attached hydrogens (tertiary/aromatic N) is 2. The molecule has 2 nitrogen and oxygen atoms in total. The highest BCUT2D eigenvalue weighted by atomic mass is 127. The van der Waals surface area contributed by atoms with Crippen molar-refractivity contribution in [2.24, 2.45) is 0 Å². The van der Waals surface area contributed by atoms with E-state index in [4.69, 9.17) is 5.26 Å². The Bertz CT molecular complexity index is 373. The summed E-state index contributed by atoms with van der Waals surface area (Å²) in [4.78, 5) is 3.20. The molecule has 0 amide bonds. The third-order valence-electron chi connectivity index (χ3n) is 1.32. The minimum Gasteiger partial charge on any atom is -0.251 e. The van der Waals surface area contributed by atoms with E-state index in [0.29, 0.717) is 0 Å². The fourth-order valence-corrected chi connectivity index (χ4v) is 1.23. The number of hydrogen-bond donors (Lipinski definition) is 0. The number of hydrogen-bond acceptors (Lipinski definition) is 2. The molecular weight excluding hydrogens is 296 g/mol. The van der Waals surface area contributed by atoms with Crippen molar-refractivity contribution >= 4 is 22.6 Å². The zero-order valence-corrected chi connectivity index (χ0v) is 8.22. The zero-order valence-electron chi connectivity index (χ0n) is 6.06. The largest absolute Gasteiger partial charge is 0.283 e. The van der Waals surface area contributed by atoms with E-state index in [2.05, 4.69) is 4.98 Å². The molecule has 0 saturated heterocycles. The molecule has 0 saturated carbocycles. The van der Waals surface area contributed by atoms with Gasteiger partial charge >= 0.3 is 0 Å². The number of alkyl halides is 2. The molecule has 0 unspecified atom stereocenters. The molecule has 0 spiro atoms. The van der Waals surface area contributed by atoms with Crippen LogP contribution in [-0.2, 0) is 0 Å². The van der Waals surface area contributed by atoms with Crippen LogP contribution in [0.15, 0.2) is 6.20 Å². The molecule has 1 aromatic rings. The molecule has 0 N–H and O–H groups in total. The molecule has 0 fully saturated rings. The smallest absolute Gasteiger partial charge is 0.251 e. The monoisotopic (exact) mass is 298 g/mol. The van der Waals surface area contributed by atoms with Gasteiger partial charge < -0.3 is 0 Å². The third kappa shape index (κ3) is 1.91. The van der Waals surface area contributed by atoms with E-state index in [1.54, 1.807) is 22.6 Å². The first-order valence-corrected chi connectivity index (χ1v) is 4.18. The van der Waals surface area contributed by atoms with Gasteiger partial charge in [-0.25, -0.2) is 13.2 Å². The summed E-state index contributed by atoms with van der Waals surface area (Å²) in [7, 11) is 0. The van der Waals surface area contributed by atoms with E-state index in [0.717, 1.165) is 6.20 Å². The van der Waals surface area contributed by atoms with Gasteiger partial charge in [0, 0.05) is 6.20 Å². The molecule has 0 radical (unpaired) electrons. The van der Waals surface area contributed by atoms with Gasteiger partial charge in [0.15, 0.2) is 5.82 Å². The number of rotatable bonds is 1. The number of nitriles is 1. The van der Waals surface area contributed by atoms with Crippen LogP contribution in [0.25, 0.3) is 0 Å². The van der Waals surface area contributed by atoms with Crippen LogP contribution in [-0.4, -0.2) is 4.98 Å². The highest BCUT2D eigenvalue weighted by molar-refractivity contribution is 14.1. The second-order valence-electron chi connectivity index (χ2n) is 2.09. The molecule has 0 atom stereocenters. The van der Waals surface area contributed by atoms with Gasteiger partial charge in [-0.15, -0.1) is 0 Å². The van der Waals surface area contributed by atoms with Crippen molar-refractivity contribution in [3.63, 3.8) is 0 Å². The minimum absolute atomic E-state index is 0.224. The topological polar surface area (TPSA) is 36.7 Å². The molecule has 0 aromatic carbocycles. The number of pyridine rings is 1. The number of halogens is 4. The number of aromatic nitrogens is 1. The fraction of sp³-hybridized carbons (Fsp3) is 0.143. The lowest BCUT2D eigenvalue weighted by Gasteiger charge is -2.02. The lowest BCUT2D eigenvalue weighted by Crippen LogP contribution is -2.00. The normalized spacial score (nSPS) is 10.2. The van der Waals surface area contributed by atoms with Crippen LogP contribution < -0.4 is 0 Å². The molecule has 1 aromatic heterocycles. The molecule has 6 heteroatoms. The van der Waals surface area contributed by atoms with Gasteiger partial charge in [-0.05, 0) is 22.6 Å². The van der Waals surface area contributed by atoms with Gasteiger partial charge in [0.1, 0.15) is 17.3 Å². The minimum atomic E-state index is -3.00. The second kappa shape index (κ2) is 3.91. The Balaban J connectivity index is 3.38. The SMILES string of the molecule is N#Cc1c(I)cnc(C(F)F)c1F. The lowest BCUT2D eigenvalue weighted by atomic mass is 10.2. The Hall–Kier alpha value is -0.840. The van der Waals surface area contributed by atoms with E-state index in [9.17, 15) is 13.2 Å². The summed E-state index contributed by atoms with van der Waals surface area (Å²) in [6, 6.07) is 1.50. The van der Waals surface area contributed by atoms with Crippen molar-refractivity contribution < 1.29 is 13.2 Å². The first kappa shape index (κ1) is 10.2. The summed E-state index contributed by atoms with van der Waals surface area (Å²) in [5.41, 5.74) is -1.36. The van der Waals surface area contributed by atoms with Gasteiger partial charge in [-0.1, -0.05) is 0 Å². The van der Waals surface area contributed by atoms with Gasteiger partial charge in [-0.3, -0.25) is 4.98 Å². The Morgan fingerprint density at radius 1 is 1.54 bits per heavy atom. The summed E-state index contributed by atoms with van der Waals surface area (Å²) < 4.78 is 37.4. The maximum atomic E-state index is 13.0. The second-order valence-corrected chi connectivity index (χ2v) is 3.26. The highest BCUT2D eigenvalue weighted by Crippen LogP contribution is 2.24. The molecule has 0 aliphatic rings. The molecular formula is C7H2F3IN2. The van der Waals surface area contributed by atoms with E-state index in [1.165, 1.54) is 6.07 Å². The van der Waals surface area contributed by atoms with Crippen molar-refractivity contribution in [1.82, 2.24) is 4.98 Å². The average molecular weight is 298 g/mol. The van der Waals surface area contributed by atoms with Crippen molar-refractivity contribution in [1.29, 1.82) is 5.26 Å². The van der Waals surface area contributed by atoms with Crippen LogP contribution in [0.4, 0.5) is 13.2 Å². The molecule has 13 heavy (non-hydrogen) atoms. The van der Waals surface area contributed by atoms with Crippen molar-refractivity contribution in [3.05, 3.63) is 26.8 Å². The summed E-state index contributed by atoms with van der Waals surface area (Å²) in [5.74, 6) is -1.23. The van der Waals surface area contributed by atoms with Crippen LogP contribution in [0.5, 0.6) is 0 Å². The van der Waals surface area contributed by atoms with Gasteiger partial charge in [0.2, 0.25) is 0 Å². The summed E-state index contributed by atoms with van der Waals surface area (Å²) in [6.45, 7) is 0. The molecule has 0 aliphatic carbocycles. The van der Waals surface area contributed by atoms with Gasteiger partial charge in [-0.2, -0.15) is 5.26 Å². The predicted octanol–water partition coefficient (Wildman–Crippen LogP) is 2.63. The van der Waals surface area contributed by atoms with Crippen LogP contribution in [0, 0.1) is 20.7 Å². The van der Waals surface area contributed by atoms with Crippen LogP contribution >= 0.6 is 22.6 Å². The summed E-state index contributed by atoms with van der Waals surface area (Å²) in [5, 5.41) is 8.44. The zero-order chi connectivity index (χ0) is 10.0. The summed E-state index contributed by atoms with van der Waals surface area (Å²) >= 11 is 1.66. The average Bonchev–Trinajstić information content (AvgIpc) is 2.04. The molecule has 0 aliphatic heterocycles. The molecule has 1 heterocycles. The molecule has 68 valence electrons. The van der Waals surface area contributed by atoms with E-state index < -0.39 is 17.9 Å². The van der Waals surface area contributed by atoms with Crippen molar-refractivity contribution in [2.75, 3.05) is 0 Å². The first-order valence-electron chi connectivity index (χ1n) is 3.10. The Labute approximate surface area is 85.5 Å². The van der Waals surface area contributed by atoms with E-state index >= 15 is 0 Å². The lowest BCUT2D eigenvalue weighted by molar-refractivity contribution is 0.140. The van der Waals surface area contributed by atoms with Gasteiger partial charge in [0.25, 0.3) is 6.43 Å². The van der Waals surface area contributed by atoms with E-state index in [1.807, 2.05) is 0 Å². The van der Waals surface area contributed by atoms with Crippen molar-refractivity contribution in [2.45, 2.75) is 6.43 Å². The fourth-order valence-electron chi connectivity index (χ4n) is 0.735. The Morgan fingerprint density at radius 2 is 2.15 bits per heavy atom. The highest BCUT2D eigenvalue weighted by Gasteiger charge is 2.19. The Morgan fingerprint density at radius 3 is 2.62 bits per heavy atom. The van der Waals surface area contributed by atoms with Crippen LogP contribution in [0.1, 0.15) is 17.7 Å². The predicted molar refractivity (Wildman–Crippen MR) is 46.6 cm³/mol. The van der Waals surface area contributed by atoms with Crippen LogP contribution in [0.3, 0.4) is 0 Å². The maximum Gasteiger partial charge on any atom is 0.283 e. The summed E-state index contributed by atoms with van der Waals surface area (Å²) in [6.07, 6.45) is -1.95. The Kier molecular flexibility index (Phi) is 3.08. The third-order valence-corrected chi connectivity index (χ3v) is 2.14. The van der Waals surface area contributed by atoms with Gasteiger partial charge in [0.05, 0.1) is 3.57 Å². The first-order chi connectivity index (χ1) is 6.07. The van der Waals surface area contributed by atoms with E-state index in [-0.39, 0.29) is 9.13 Å². The maximum absolute atomic E-state index is 13.0. The van der Waals surface area contributed by atoms with Crippen LogP contribution in [0.2, 0.25) is 0 Å². The molecule has 0 bridgehead atoms. The molecule has 1 rings (SSSR count). The quantitative estimate of drug-likeness (QED) is 0.747. The van der Waals surface area contributed by atoms with Crippen molar-refractivity contribution in [3.8, 4) is 6.07 Å². The standard InChI is InChI=1S/C7H2F3IN2/c8-5-3(1-12)4(11)2-13-6(5)7(9)10/h2,7H.